The van der Waals surface area contributed by atoms with E-state index in [1.807, 2.05) is 12.1 Å². The van der Waals surface area contributed by atoms with Crippen LogP contribution >= 0.6 is 0 Å². The summed E-state index contributed by atoms with van der Waals surface area (Å²) in [5, 5.41) is 9.70. The molecule has 2 heteroatoms. The number of aryl methyl sites for hydroxylation is 1. The van der Waals surface area contributed by atoms with Crippen LogP contribution in [-0.4, -0.2) is 10.1 Å². The van der Waals surface area contributed by atoms with Crippen LogP contribution in [0.1, 0.15) is 36.6 Å². The summed E-state index contributed by atoms with van der Waals surface area (Å²) in [5.74, 6) is 0. The van der Waals surface area contributed by atoms with E-state index < -0.39 is 0 Å². The van der Waals surface area contributed by atoms with Crippen LogP contribution in [0.25, 0.3) is 0 Å². The molecule has 0 saturated heterocycles. The van der Waals surface area contributed by atoms with Gasteiger partial charge in [-0.25, -0.2) is 0 Å². The van der Waals surface area contributed by atoms with Crippen LogP contribution in [0.15, 0.2) is 18.3 Å². The van der Waals surface area contributed by atoms with E-state index in [1.54, 1.807) is 6.20 Å². The summed E-state index contributed by atoms with van der Waals surface area (Å²) in [6.07, 6.45) is 5.69. The Labute approximate surface area is 72.3 Å². The molecular weight excluding hydrogens is 150 g/mol. The minimum Gasteiger partial charge on any atom is -0.388 e. The molecule has 0 fully saturated rings. The molecule has 1 aromatic heterocycles. The van der Waals surface area contributed by atoms with Gasteiger partial charge in [-0.2, -0.15) is 0 Å². The van der Waals surface area contributed by atoms with Crippen LogP contribution in [0.5, 0.6) is 0 Å². The van der Waals surface area contributed by atoms with Gasteiger partial charge < -0.3 is 5.11 Å². The van der Waals surface area contributed by atoms with Crippen molar-refractivity contribution in [1.82, 2.24) is 4.98 Å². The van der Waals surface area contributed by atoms with Crippen molar-refractivity contribution < 1.29 is 5.11 Å². The number of aliphatic hydroxyl groups is 1. The fraction of sp³-hybridized carbons (Fsp3) is 0.500. The average Bonchev–Trinajstić information content (AvgIpc) is 2.29. The maximum Gasteiger partial charge on any atom is 0.0807 e. The van der Waals surface area contributed by atoms with Crippen molar-refractivity contribution in [3.8, 4) is 0 Å². The second kappa shape index (κ2) is 3.23. The minimum absolute atomic E-state index is 0.281. The Balaban J connectivity index is 2.39. The van der Waals surface area contributed by atoms with Crippen LogP contribution in [0.3, 0.4) is 0 Å². The standard InChI is InChI=1S/C10H13NO/c12-10-6-2-1-5-9-8(10)4-3-7-11-9/h3-4,7,10,12H,1-2,5-6H2/t10-/m0/s1. The van der Waals surface area contributed by atoms with Crippen molar-refractivity contribution in [3.63, 3.8) is 0 Å². The van der Waals surface area contributed by atoms with Crippen LogP contribution in [0.2, 0.25) is 0 Å². The second-order valence-corrected chi connectivity index (χ2v) is 3.30. The monoisotopic (exact) mass is 163 g/mol. The highest BCUT2D eigenvalue weighted by molar-refractivity contribution is 5.23. The predicted molar refractivity (Wildman–Crippen MR) is 46.8 cm³/mol. The smallest absolute Gasteiger partial charge is 0.0807 e. The lowest BCUT2D eigenvalue weighted by atomic mass is 10.1. The summed E-state index contributed by atoms with van der Waals surface area (Å²) < 4.78 is 0. The first-order chi connectivity index (χ1) is 5.88. The zero-order chi connectivity index (χ0) is 8.39. The minimum atomic E-state index is -0.281. The Morgan fingerprint density at radius 2 is 2.33 bits per heavy atom. The normalized spacial score (nSPS) is 22.9. The lowest BCUT2D eigenvalue weighted by Gasteiger charge is -2.09. The molecule has 0 radical (unpaired) electrons. The molecule has 12 heavy (non-hydrogen) atoms. The molecule has 2 rings (SSSR count). The highest BCUT2D eigenvalue weighted by Crippen LogP contribution is 2.26. The van der Waals surface area contributed by atoms with Gasteiger partial charge in [0.15, 0.2) is 0 Å². The summed E-state index contributed by atoms with van der Waals surface area (Å²) in [5.41, 5.74) is 2.12. The molecule has 0 spiro atoms. The molecule has 64 valence electrons. The number of hydrogen-bond acceptors (Lipinski definition) is 2. The fourth-order valence-electron chi connectivity index (χ4n) is 1.75. The zero-order valence-corrected chi connectivity index (χ0v) is 7.03. The Hall–Kier alpha value is -0.890. The molecule has 1 atom stereocenters. The van der Waals surface area contributed by atoms with Gasteiger partial charge >= 0.3 is 0 Å². The van der Waals surface area contributed by atoms with Crippen molar-refractivity contribution in [2.75, 3.05) is 0 Å². The number of nitrogens with zero attached hydrogens (tertiary/aromatic N) is 1. The van der Waals surface area contributed by atoms with Gasteiger partial charge in [0.05, 0.1) is 6.10 Å². The van der Waals surface area contributed by atoms with Crippen LogP contribution in [0, 0.1) is 0 Å². The van der Waals surface area contributed by atoms with Crippen molar-refractivity contribution in [3.05, 3.63) is 29.6 Å². The molecule has 0 amide bonds. The third-order valence-electron chi connectivity index (χ3n) is 2.43. The Bertz CT molecular complexity index is 272. The van der Waals surface area contributed by atoms with Crippen LogP contribution in [0.4, 0.5) is 0 Å². The van der Waals surface area contributed by atoms with Gasteiger partial charge in [-0.05, 0) is 25.3 Å². The SMILES string of the molecule is O[C@H]1CCCCc2ncccc21. The molecule has 1 aliphatic carbocycles. The van der Waals surface area contributed by atoms with Gasteiger partial charge in [-0.1, -0.05) is 12.5 Å². The highest BCUT2D eigenvalue weighted by Gasteiger charge is 2.15. The highest BCUT2D eigenvalue weighted by atomic mass is 16.3. The van der Waals surface area contributed by atoms with E-state index >= 15 is 0 Å². The first kappa shape index (κ1) is 7.74. The van der Waals surface area contributed by atoms with E-state index in [9.17, 15) is 5.11 Å². The Kier molecular flexibility index (Phi) is 2.09. The van der Waals surface area contributed by atoms with Crippen LogP contribution in [-0.2, 0) is 6.42 Å². The number of rotatable bonds is 0. The molecule has 1 heterocycles. The predicted octanol–water partition coefficient (Wildman–Crippen LogP) is 1.84. The first-order valence-corrected chi connectivity index (χ1v) is 4.50. The summed E-state index contributed by atoms with van der Waals surface area (Å²) in [7, 11) is 0. The summed E-state index contributed by atoms with van der Waals surface area (Å²) in [4.78, 5) is 4.27. The van der Waals surface area contributed by atoms with Crippen molar-refractivity contribution in [1.29, 1.82) is 0 Å². The summed E-state index contributed by atoms with van der Waals surface area (Å²) in [6.45, 7) is 0. The van der Waals surface area contributed by atoms with Crippen LogP contribution < -0.4 is 0 Å². The summed E-state index contributed by atoms with van der Waals surface area (Å²) >= 11 is 0. The molecule has 0 unspecified atom stereocenters. The quantitative estimate of drug-likeness (QED) is 0.592. The fourth-order valence-corrected chi connectivity index (χ4v) is 1.75. The van der Waals surface area contributed by atoms with E-state index in [4.69, 9.17) is 0 Å². The average molecular weight is 163 g/mol. The molecule has 1 N–H and O–H groups in total. The van der Waals surface area contributed by atoms with Gasteiger partial charge in [0.2, 0.25) is 0 Å². The largest absolute Gasteiger partial charge is 0.388 e. The molecule has 0 aliphatic heterocycles. The molecule has 0 aromatic carbocycles. The number of hydrogen-bond donors (Lipinski definition) is 1. The van der Waals surface area contributed by atoms with Crippen molar-refractivity contribution in [2.45, 2.75) is 31.8 Å². The molecule has 1 aromatic rings. The second-order valence-electron chi connectivity index (χ2n) is 3.30. The van der Waals surface area contributed by atoms with E-state index in [2.05, 4.69) is 4.98 Å². The third kappa shape index (κ3) is 1.34. The Morgan fingerprint density at radius 1 is 1.42 bits per heavy atom. The van der Waals surface area contributed by atoms with Crippen molar-refractivity contribution >= 4 is 0 Å². The van der Waals surface area contributed by atoms with Gasteiger partial charge in [0, 0.05) is 17.5 Å². The van der Waals surface area contributed by atoms with E-state index in [1.165, 1.54) is 0 Å². The molecular formula is C10H13NO. The van der Waals surface area contributed by atoms with Gasteiger partial charge in [0.25, 0.3) is 0 Å². The van der Waals surface area contributed by atoms with E-state index in [-0.39, 0.29) is 6.10 Å². The number of pyridine rings is 1. The molecule has 1 aliphatic rings. The van der Waals surface area contributed by atoms with E-state index in [0.717, 1.165) is 36.9 Å². The number of fused-ring (bicyclic) bond motifs is 1. The first-order valence-electron chi connectivity index (χ1n) is 4.50. The van der Waals surface area contributed by atoms with Gasteiger partial charge in [0.1, 0.15) is 0 Å². The number of aromatic nitrogens is 1. The molecule has 0 bridgehead atoms. The Morgan fingerprint density at radius 3 is 3.25 bits per heavy atom. The third-order valence-corrected chi connectivity index (χ3v) is 2.43. The topological polar surface area (TPSA) is 33.1 Å². The summed E-state index contributed by atoms with van der Waals surface area (Å²) in [6, 6.07) is 3.88. The molecule has 0 saturated carbocycles. The van der Waals surface area contributed by atoms with Crippen molar-refractivity contribution in [2.24, 2.45) is 0 Å². The lowest BCUT2D eigenvalue weighted by Crippen LogP contribution is -1.99. The number of aliphatic hydroxyl groups excluding tert-OH is 1. The van der Waals surface area contributed by atoms with E-state index in [0.29, 0.717) is 0 Å². The zero-order valence-electron chi connectivity index (χ0n) is 7.03. The van der Waals surface area contributed by atoms with Gasteiger partial charge in [-0.15, -0.1) is 0 Å². The molecule has 2 nitrogen and oxygen atoms in total. The maximum absolute atomic E-state index is 9.70. The maximum atomic E-state index is 9.70. The van der Waals surface area contributed by atoms with Gasteiger partial charge in [-0.3, -0.25) is 4.98 Å². The lowest BCUT2D eigenvalue weighted by molar-refractivity contribution is 0.166.